The van der Waals surface area contributed by atoms with Crippen molar-refractivity contribution < 1.29 is 14.6 Å². The molecule has 0 saturated carbocycles. The molecule has 0 saturated heterocycles. The molecule has 0 amide bonds. The average molecular weight is 312 g/mol. The van der Waals surface area contributed by atoms with Gasteiger partial charge in [0.05, 0.1) is 5.97 Å². The van der Waals surface area contributed by atoms with Crippen LogP contribution in [0.4, 0.5) is 0 Å². The van der Waals surface area contributed by atoms with E-state index in [0.29, 0.717) is 5.02 Å². The minimum Gasteiger partial charge on any atom is -0.545 e. The Labute approximate surface area is 132 Å². The van der Waals surface area contributed by atoms with Crippen LogP contribution in [-0.4, -0.2) is 5.97 Å². The van der Waals surface area contributed by atoms with Gasteiger partial charge in [-0.3, -0.25) is 0 Å². The van der Waals surface area contributed by atoms with Crippen molar-refractivity contribution in [2.75, 3.05) is 0 Å². The SMILES string of the molecule is O=C([O-])c1cc(Cl)ccc1OCc1cccc2ccccc12. The summed E-state index contributed by atoms with van der Waals surface area (Å²) in [6.07, 6.45) is 0. The summed E-state index contributed by atoms with van der Waals surface area (Å²) in [6.45, 7) is 0.267. The number of carboxylic acid groups (broad SMARTS) is 1. The van der Waals surface area contributed by atoms with Crippen molar-refractivity contribution >= 4 is 28.3 Å². The van der Waals surface area contributed by atoms with Crippen molar-refractivity contribution in [2.45, 2.75) is 6.61 Å². The first kappa shape index (κ1) is 14.4. The van der Waals surface area contributed by atoms with E-state index in [1.807, 2.05) is 42.5 Å². The van der Waals surface area contributed by atoms with Crippen LogP contribution < -0.4 is 9.84 Å². The van der Waals surface area contributed by atoms with Crippen LogP contribution in [0, 0.1) is 0 Å². The normalized spacial score (nSPS) is 10.6. The Hall–Kier alpha value is -2.52. The molecule has 22 heavy (non-hydrogen) atoms. The van der Waals surface area contributed by atoms with E-state index in [1.165, 1.54) is 6.07 Å². The zero-order valence-corrected chi connectivity index (χ0v) is 12.3. The van der Waals surface area contributed by atoms with Crippen LogP contribution in [0.3, 0.4) is 0 Å². The molecule has 3 rings (SSSR count). The zero-order valence-electron chi connectivity index (χ0n) is 11.6. The Balaban J connectivity index is 1.90. The number of rotatable bonds is 4. The second-order valence-electron chi connectivity index (χ2n) is 4.85. The first-order valence-corrected chi connectivity index (χ1v) is 7.13. The van der Waals surface area contributed by atoms with Gasteiger partial charge in [-0.05, 0) is 34.5 Å². The zero-order chi connectivity index (χ0) is 15.5. The van der Waals surface area contributed by atoms with Crippen LogP contribution in [0.5, 0.6) is 5.75 Å². The molecule has 3 aromatic carbocycles. The number of halogens is 1. The van der Waals surface area contributed by atoms with Crippen LogP contribution in [0.1, 0.15) is 15.9 Å². The molecule has 0 bridgehead atoms. The van der Waals surface area contributed by atoms with E-state index >= 15 is 0 Å². The molecule has 110 valence electrons. The number of aromatic carboxylic acids is 1. The molecule has 0 aromatic heterocycles. The van der Waals surface area contributed by atoms with E-state index in [1.54, 1.807) is 12.1 Å². The first-order chi connectivity index (χ1) is 10.6. The van der Waals surface area contributed by atoms with Crippen molar-refractivity contribution in [1.29, 1.82) is 0 Å². The maximum absolute atomic E-state index is 11.1. The second-order valence-corrected chi connectivity index (χ2v) is 5.29. The first-order valence-electron chi connectivity index (χ1n) is 6.75. The highest BCUT2D eigenvalue weighted by atomic mass is 35.5. The molecule has 0 unspecified atom stereocenters. The highest BCUT2D eigenvalue weighted by Gasteiger charge is 2.07. The minimum atomic E-state index is -1.31. The highest BCUT2D eigenvalue weighted by molar-refractivity contribution is 6.31. The smallest absolute Gasteiger partial charge is 0.128 e. The maximum Gasteiger partial charge on any atom is 0.128 e. The fourth-order valence-corrected chi connectivity index (χ4v) is 2.53. The van der Waals surface area contributed by atoms with Gasteiger partial charge in [0.1, 0.15) is 12.4 Å². The predicted molar refractivity (Wildman–Crippen MR) is 84.1 cm³/mol. The molecule has 3 aromatic rings. The summed E-state index contributed by atoms with van der Waals surface area (Å²) in [6, 6.07) is 18.3. The number of hydrogen-bond acceptors (Lipinski definition) is 3. The number of ether oxygens (including phenoxy) is 1. The third-order valence-electron chi connectivity index (χ3n) is 3.42. The Morgan fingerprint density at radius 3 is 2.64 bits per heavy atom. The Morgan fingerprint density at radius 1 is 1.05 bits per heavy atom. The van der Waals surface area contributed by atoms with Crippen molar-refractivity contribution in [2.24, 2.45) is 0 Å². The summed E-state index contributed by atoms with van der Waals surface area (Å²) in [7, 11) is 0. The molecule has 4 heteroatoms. The third-order valence-corrected chi connectivity index (χ3v) is 3.66. The molecule has 0 aliphatic carbocycles. The van der Waals surface area contributed by atoms with E-state index in [2.05, 4.69) is 0 Å². The molecular formula is C18H12ClO3-. The molecule has 0 fully saturated rings. The average Bonchev–Trinajstić information content (AvgIpc) is 2.53. The number of carboxylic acids is 1. The van der Waals surface area contributed by atoms with Crippen LogP contribution in [0.25, 0.3) is 10.8 Å². The largest absolute Gasteiger partial charge is 0.545 e. The monoisotopic (exact) mass is 311 g/mol. The molecule has 0 heterocycles. The van der Waals surface area contributed by atoms with Crippen LogP contribution in [-0.2, 0) is 6.61 Å². The Morgan fingerprint density at radius 2 is 1.82 bits per heavy atom. The van der Waals surface area contributed by atoms with E-state index in [-0.39, 0.29) is 17.9 Å². The van der Waals surface area contributed by atoms with Gasteiger partial charge in [0.25, 0.3) is 0 Å². The van der Waals surface area contributed by atoms with Crippen molar-refractivity contribution in [3.63, 3.8) is 0 Å². The van der Waals surface area contributed by atoms with E-state index in [0.717, 1.165) is 16.3 Å². The van der Waals surface area contributed by atoms with Crippen molar-refractivity contribution in [1.82, 2.24) is 0 Å². The maximum atomic E-state index is 11.1. The summed E-state index contributed by atoms with van der Waals surface area (Å²) in [5.74, 6) is -1.06. The fourth-order valence-electron chi connectivity index (χ4n) is 2.36. The summed E-state index contributed by atoms with van der Waals surface area (Å²) in [5, 5.41) is 13.7. The van der Waals surface area contributed by atoms with Crippen LogP contribution >= 0.6 is 11.6 Å². The Kier molecular flexibility index (Phi) is 3.98. The lowest BCUT2D eigenvalue weighted by Gasteiger charge is -2.13. The van der Waals surface area contributed by atoms with Gasteiger partial charge in [-0.2, -0.15) is 0 Å². The predicted octanol–water partition coefficient (Wildman–Crippen LogP) is 3.44. The molecule has 0 aliphatic heterocycles. The minimum absolute atomic E-state index is 0.0484. The number of carbonyl (C=O) groups excluding carboxylic acids is 1. The van der Waals surface area contributed by atoms with Gasteiger partial charge >= 0.3 is 0 Å². The topological polar surface area (TPSA) is 49.4 Å². The molecule has 0 N–H and O–H groups in total. The quantitative estimate of drug-likeness (QED) is 0.741. The molecule has 0 atom stereocenters. The molecule has 0 radical (unpaired) electrons. The highest BCUT2D eigenvalue weighted by Crippen LogP contribution is 2.25. The van der Waals surface area contributed by atoms with Crippen LogP contribution in [0.2, 0.25) is 5.02 Å². The van der Waals surface area contributed by atoms with Gasteiger partial charge in [-0.15, -0.1) is 0 Å². The summed E-state index contributed by atoms with van der Waals surface area (Å²) in [5.41, 5.74) is 0.935. The number of fused-ring (bicyclic) bond motifs is 1. The van der Waals surface area contributed by atoms with Gasteiger partial charge < -0.3 is 14.6 Å². The van der Waals surface area contributed by atoms with E-state index in [9.17, 15) is 9.90 Å². The molecule has 0 aliphatic rings. The van der Waals surface area contributed by atoms with Gasteiger partial charge in [-0.1, -0.05) is 54.1 Å². The third kappa shape index (κ3) is 2.90. The van der Waals surface area contributed by atoms with Crippen molar-refractivity contribution in [3.05, 3.63) is 76.8 Å². The van der Waals surface area contributed by atoms with Gasteiger partial charge in [0.2, 0.25) is 0 Å². The molecular weight excluding hydrogens is 300 g/mol. The number of benzene rings is 3. The lowest BCUT2D eigenvalue weighted by Crippen LogP contribution is -2.23. The lowest BCUT2D eigenvalue weighted by atomic mass is 10.1. The summed E-state index contributed by atoms with van der Waals surface area (Å²) >= 11 is 5.81. The van der Waals surface area contributed by atoms with E-state index < -0.39 is 5.97 Å². The standard InChI is InChI=1S/C18H13ClO3/c19-14-8-9-17(16(10-14)18(20)21)22-11-13-6-3-5-12-4-1-2-7-15(12)13/h1-10H,11H2,(H,20,21)/p-1. The van der Waals surface area contributed by atoms with Crippen molar-refractivity contribution in [3.8, 4) is 5.75 Å². The van der Waals surface area contributed by atoms with Gasteiger partial charge in [-0.25, -0.2) is 0 Å². The van der Waals surface area contributed by atoms with Gasteiger partial charge in [0, 0.05) is 10.6 Å². The molecule has 3 nitrogen and oxygen atoms in total. The second kappa shape index (κ2) is 6.08. The van der Waals surface area contributed by atoms with Gasteiger partial charge in [0.15, 0.2) is 0 Å². The Bertz CT molecular complexity index is 837. The lowest BCUT2D eigenvalue weighted by molar-refractivity contribution is -0.255. The summed E-state index contributed by atoms with van der Waals surface area (Å²) < 4.78 is 5.67. The summed E-state index contributed by atoms with van der Waals surface area (Å²) in [4.78, 5) is 11.1. The van der Waals surface area contributed by atoms with Crippen LogP contribution in [0.15, 0.2) is 60.7 Å². The number of hydrogen-bond donors (Lipinski definition) is 0. The molecule has 0 spiro atoms. The number of carbonyl (C=O) groups is 1. The fraction of sp³-hybridized carbons (Fsp3) is 0.0556. The van der Waals surface area contributed by atoms with E-state index in [4.69, 9.17) is 16.3 Å².